The fourth-order valence-corrected chi connectivity index (χ4v) is 6.45. The third-order valence-electron chi connectivity index (χ3n) is 8.66. The van der Waals surface area contributed by atoms with Gasteiger partial charge in [-0.05, 0) is 60.2 Å². The molecular formula is C36H34FN5O7S. The van der Waals surface area contributed by atoms with E-state index < -0.39 is 21.7 Å². The van der Waals surface area contributed by atoms with Crippen LogP contribution >= 0.6 is 0 Å². The fourth-order valence-electron chi connectivity index (χ4n) is 5.94. The number of morpholine rings is 1. The Morgan fingerprint density at radius 2 is 1.76 bits per heavy atom. The molecule has 0 radical (unpaired) electrons. The number of hydrogen-bond donors (Lipinski definition) is 1. The van der Waals surface area contributed by atoms with Crippen LogP contribution in [0.3, 0.4) is 0 Å². The van der Waals surface area contributed by atoms with Gasteiger partial charge in [-0.25, -0.2) is 17.8 Å². The number of carbonyl (C=O) groups is 1. The van der Waals surface area contributed by atoms with Gasteiger partial charge in [-0.1, -0.05) is 6.07 Å². The summed E-state index contributed by atoms with van der Waals surface area (Å²) < 4.78 is 65.0. The Morgan fingerprint density at radius 3 is 2.48 bits per heavy atom. The van der Waals surface area contributed by atoms with E-state index in [9.17, 15) is 17.6 Å². The number of carbonyl (C=O) groups excluding carboxylic acids is 1. The topological polar surface area (TPSA) is 140 Å². The van der Waals surface area contributed by atoms with E-state index in [-0.39, 0.29) is 22.8 Å². The molecule has 0 spiro atoms. The molecular weight excluding hydrogens is 665 g/mol. The molecule has 14 heteroatoms. The van der Waals surface area contributed by atoms with Crippen molar-refractivity contribution in [3.63, 3.8) is 0 Å². The quantitative estimate of drug-likeness (QED) is 0.193. The van der Waals surface area contributed by atoms with Crippen LogP contribution in [0.4, 0.5) is 10.1 Å². The molecule has 1 fully saturated rings. The van der Waals surface area contributed by atoms with Crippen LogP contribution in [0.1, 0.15) is 10.4 Å². The molecule has 1 aliphatic heterocycles. The van der Waals surface area contributed by atoms with Crippen LogP contribution in [0.15, 0.2) is 81.8 Å². The molecule has 1 saturated heterocycles. The molecule has 4 heterocycles. The molecule has 50 heavy (non-hydrogen) atoms. The second-order valence-corrected chi connectivity index (χ2v) is 13.9. The van der Waals surface area contributed by atoms with Crippen molar-refractivity contribution in [1.82, 2.24) is 20.2 Å². The van der Waals surface area contributed by atoms with Crippen molar-refractivity contribution >= 4 is 43.8 Å². The van der Waals surface area contributed by atoms with E-state index in [4.69, 9.17) is 18.3 Å². The maximum Gasteiger partial charge on any atom is 0.255 e. The van der Waals surface area contributed by atoms with Crippen molar-refractivity contribution in [3.8, 4) is 39.7 Å². The Morgan fingerprint density at radius 1 is 1.00 bits per heavy atom. The molecule has 7 rings (SSSR count). The molecule has 1 N–H and O–H groups in total. The minimum Gasteiger partial charge on any atom is -0.491 e. The van der Waals surface area contributed by atoms with Gasteiger partial charge in [0, 0.05) is 62.5 Å². The third-order valence-corrected chi connectivity index (χ3v) is 9.85. The molecule has 6 aromatic rings. The van der Waals surface area contributed by atoms with Crippen LogP contribution in [0.25, 0.3) is 56.1 Å². The number of amides is 1. The second-order valence-electron chi connectivity index (χ2n) is 11.8. The predicted octanol–water partition coefficient (Wildman–Crippen LogP) is 5.58. The Kier molecular flexibility index (Phi) is 8.99. The zero-order valence-electron chi connectivity index (χ0n) is 27.6. The number of nitrogens with one attached hydrogen (secondary N) is 1. The summed E-state index contributed by atoms with van der Waals surface area (Å²) in [6.07, 6.45) is 2.73. The smallest absolute Gasteiger partial charge is 0.255 e. The monoisotopic (exact) mass is 699 g/mol. The average molecular weight is 700 g/mol. The van der Waals surface area contributed by atoms with Crippen LogP contribution in [0, 0.1) is 5.82 Å². The summed E-state index contributed by atoms with van der Waals surface area (Å²) in [5.41, 5.74) is 3.79. The summed E-state index contributed by atoms with van der Waals surface area (Å²) in [5, 5.41) is 3.10. The van der Waals surface area contributed by atoms with Crippen molar-refractivity contribution in [1.29, 1.82) is 0 Å². The van der Waals surface area contributed by atoms with Crippen LogP contribution in [-0.4, -0.2) is 89.0 Å². The van der Waals surface area contributed by atoms with E-state index in [0.717, 1.165) is 23.7 Å². The number of sulfonamides is 1. The van der Waals surface area contributed by atoms with Crippen LogP contribution < -0.4 is 14.4 Å². The minimum atomic E-state index is -3.75. The molecule has 3 aromatic carbocycles. The molecule has 3 aromatic heterocycles. The fraction of sp³-hybridized carbons (Fsp3) is 0.250. The van der Waals surface area contributed by atoms with Gasteiger partial charge in [-0.3, -0.25) is 14.0 Å². The minimum absolute atomic E-state index is 0.216. The number of furan rings is 1. The third kappa shape index (κ3) is 6.52. The number of oxazole rings is 1. The van der Waals surface area contributed by atoms with Gasteiger partial charge in [0.25, 0.3) is 5.91 Å². The molecule has 0 atom stereocenters. The lowest BCUT2D eigenvalue weighted by molar-refractivity contribution is 0.0323. The Bertz CT molecular complexity index is 2280. The van der Waals surface area contributed by atoms with E-state index in [0.29, 0.717) is 76.7 Å². The standard InChI is InChI=1S/C36H34FN5O7S/c1-38-35(43)32-26-20-25(28(41(2)50(3,44)45)21-31(26)48-33(32)22-6-9-24(37)10-7-22)23-8-11-29(47-18-15-42-13-16-46-17-14-42)27(19-23)36-40-34-30(49-36)5-4-12-39-34/h4-12,19-21H,13-18H2,1-3H3,(H,38,43). The van der Waals surface area contributed by atoms with Gasteiger partial charge >= 0.3 is 0 Å². The number of halogens is 1. The van der Waals surface area contributed by atoms with Gasteiger partial charge in [-0.15, -0.1) is 0 Å². The number of hydrogen-bond acceptors (Lipinski definition) is 10. The molecule has 0 unspecified atom stereocenters. The summed E-state index contributed by atoms with van der Waals surface area (Å²) >= 11 is 0. The van der Waals surface area contributed by atoms with E-state index in [1.807, 2.05) is 12.1 Å². The molecule has 1 aliphatic rings. The first kappa shape index (κ1) is 33.2. The van der Waals surface area contributed by atoms with Crippen molar-refractivity contribution < 1.29 is 35.9 Å². The highest BCUT2D eigenvalue weighted by Gasteiger charge is 2.27. The Hall–Kier alpha value is -5.31. The van der Waals surface area contributed by atoms with Gasteiger partial charge in [0.2, 0.25) is 15.9 Å². The lowest BCUT2D eigenvalue weighted by atomic mass is 9.97. The maximum absolute atomic E-state index is 13.8. The number of fused-ring (bicyclic) bond motifs is 2. The number of anilines is 1. The van der Waals surface area contributed by atoms with Gasteiger partial charge in [0.15, 0.2) is 11.2 Å². The highest BCUT2D eigenvalue weighted by molar-refractivity contribution is 7.92. The summed E-state index contributed by atoms with van der Waals surface area (Å²) in [4.78, 5) is 24.6. The summed E-state index contributed by atoms with van der Waals surface area (Å²) in [6.45, 7) is 4.08. The van der Waals surface area contributed by atoms with Crippen LogP contribution in [0.2, 0.25) is 0 Å². The molecule has 0 bridgehead atoms. The van der Waals surface area contributed by atoms with Crippen LogP contribution in [-0.2, 0) is 14.8 Å². The van der Waals surface area contributed by atoms with Gasteiger partial charge in [0.1, 0.15) is 29.5 Å². The van der Waals surface area contributed by atoms with Crippen molar-refractivity contribution in [2.75, 3.05) is 64.1 Å². The van der Waals surface area contributed by atoms with Gasteiger partial charge in [0.05, 0.1) is 36.3 Å². The first-order chi connectivity index (χ1) is 24.1. The normalized spacial score (nSPS) is 13.9. The number of aromatic nitrogens is 2. The van der Waals surface area contributed by atoms with E-state index >= 15 is 0 Å². The zero-order chi connectivity index (χ0) is 35.0. The van der Waals surface area contributed by atoms with Crippen molar-refractivity contribution in [2.24, 2.45) is 0 Å². The van der Waals surface area contributed by atoms with E-state index in [1.165, 1.54) is 38.4 Å². The highest BCUT2D eigenvalue weighted by Crippen LogP contribution is 2.43. The largest absolute Gasteiger partial charge is 0.491 e. The molecule has 0 aliphatic carbocycles. The van der Waals surface area contributed by atoms with Crippen molar-refractivity contribution in [3.05, 3.63) is 84.3 Å². The molecule has 1 amide bonds. The van der Waals surface area contributed by atoms with Crippen LogP contribution in [0.5, 0.6) is 5.75 Å². The molecule has 12 nitrogen and oxygen atoms in total. The Labute approximate surface area is 287 Å². The number of ether oxygens (including phenoxy) is 2. The number of benzene rings is 3. The second kappa shape index (κ2) is 13.5. The zero-order valence-corrected chi connectivity index (χ0v) is 28.4. The lowest BCUT2D eigenvalue weighted by Gasteiger charge is -2.26. The van der Waals surface area contributed by atoms with Gasteiger partial charge < -0.3 is 23.6 Å². The molecule has 258 valence electrons. The summed E-state index contributed by atoms with van der Waals surface area (Å²) in [7, 11) is -0.807. The van der Waals surface area contributed by atoms with Gasteiger partial charge in [-0.2, -0.15) is 4.98 Å². The number of nitrogens with zero attached hydrogens (tertiary/aromatic N) is 4. The number of rotatable bonds is 10. The lowest BCUT2D eigenvalue weighted by Crippen LogP contribution is -2.38. The number of pyridine rings is 1. The Balaban J connectivity index is 1.40. The first-order valence-corrected chi connectivity index (χ1v) is 17.8. The average Bonchev–Trinajstić information content (AvgIpc) is 3.73. The summed E-state index contributed by atoms with van der Waals surface area (Å²) in [5.74, 6) is 0.134. The molecule has 0 saturated carbocycles. The van der Waals surface area contributed by atoms with E-state index in [2.05, 4.69) is 20.2 Å². The maximum atomic E-state index is 13.8. The first-order valence-electron chi connectivity index (χ1n) is 15.9. The summed E-state index contributed by atoms with van der Waals surface area (Å²) in [6, 6.07) is 17.8. The predicted molar refractivity (Wildman–Crippen MR) is 187 cm³/mol. The van der Waals surface area contributed by atoms with E-state index in [1.54, 1.807) is 36.5 Å². The SMILES string of the molecule is CNC(=O)c1c(-c2ccc(F)cc2)oc2cc(N(C)S(C)(=O)=O)c(-c3ccc(OCCN4CCOCC4)c(-c4nc5ncccc5o4)c3)cc12. The van der Waals surface area contributed by atoms with Crippen molar-refractivity contribution in [2.45, 2.75) is 0 Å². The highest BCUT2D eigenvalue weighted by atomic mass is 32.2.